The molecule has 33 heavy (non-hydrogen) atoms. The fourth-order valence-electron chi connectivity index (χ4n) is 4.15. The van der Waals surface area contributed by atoms with Gasteiger partial charge in [0, 0.05) is 17.8 Å². The van der Waals surface area contributed by atoms with E-state index in [0.29, 0.717) is 17.1 Å². The first-order chi connectivity index (χ1) is 16.0. The molecular formula is C27H20N2O4. The number of furan rings is 1. The van der Waals surface area contributed by atoms with Crippen LogP contribution in [0.1, 0.15) is 22.5 Å². The van der Waals surface area contributed by atoms with Gasteiger partial charge in [0.15, 0.2) is 0 Å². The lowest BCUT2D eigenvalue weighted by Crippen LogP contribution is -2.07. The smallest absolute Gasteiger partial charge is 0.280 e. The molecule has 6 heteroatoms. The molecular weight excluding hydrogens is 416 g/mol. The predicted octanol–water partition coefficient (Wildman–Crippen LogP) is 6.39. The van der Waals surface area contributed by atoms with Gasteiger partial charge in [0.05, 0.1) is 10.5 Å². The van der Waals surface area contributed by atoms with Crippen LogP contribution >= 0.6 is 0 Å². The summed E-state index contributed by atoms with van der Waals surface area (Å²) in [5.41, 5.74) is 6.83. The van der Waals surface area contributed by atoms with Crippen LogP contribution in [0.5, 0.6) is 0 Å². The molecule has 162 valence electrons. The number of carbonyl (C=O) groups is 1. The third-order valence-electron chi connectivity index (χ3n) is 5.70. The predicted molar refractivity (Wildman–Crippen MR) is 128 cm³/mol. The molecule has 1 aliphatic carbocycles. The average molecular weight is 436 g/mol. The van der Waals surface area contributed by atoms with Crippen molar-refractivity contribution in [3.8, 4) is 22.5 Å². The second-order valence-corrected chi connectivity index (χ2v) is 8.01. The summed E-state index contributed by atoms with van der Waals surface area (Å²) < 4.78 is 5.73. The average Bonchev–Trinajstić information content (AvgIpc) is 3.42. The third kappa shape index (κ3) is 4.06. The molecule has 0 spiro atoms. The van der Waals surface area contributed by atoms with E-state index in [1.165, 1.54) is 34.4 Å². The van der Waals surface area contributed by atoms with E-state index in [1.807, 2.05) is 30.3 Å². The molecule has 1 aliphatic rings. The van der Waals surface area contributed by atoms with Gasteiger partial charge in [-0.05, 0) is 77.6 Å². The lowest BCUT2D eigenvalue weighted by atomic mass is 10.1. The molecule has 0 unspecified atom stereocenters. The molecule has 3 aromatic carbocycles. The largest absolute Gasteiger partial charge is 0.456 e. The molecule has 0 saturated heterocycles. The minimum Gasteiger partial charge on any atom is -0.456 e. The lowest BCUT2D eigenvalue weighted by molar-refractivity contribution is -0.384. The van der Waals surface area contributed by atoms with E-state index in [2.05, 4.69) is 17.4 Å². The number of hydrogen-bond donors (Lipinski definition) is 1. The molecule has 1 amide bonds. The molecule has 0 fully saturated rings. The molecule has 0 radical (unpaired) electrons. The summed E-state index contributed by atoms with van der Waals surface area (Å²) in [5.74, 6) is 0.518. The van der Waals surface area contributed by atoms with Crippen molar-refractivity contribution >= 4 is 23.4 Å². The van der Waals surface area contributed by atoms with E-state index >= 15 is 0 Å². The first-order valence-electron chi connectivity index (χ1n) is 10.5. The molecule has 5 rings (SSSR count). The van der Waals surface area contributed by atoms with Gasteiger partial charge in [0.1, 0.15) is 11.5 Å². The number of nitro groups is 1. The Kier molecular flexibility index (Phi) is 5.11. The summed E-state index contributed by atoms with van der Waals surface area (Å²) in [5, 5.41) is 14.3. The van der Waals surface area contributed by atoms with Gasteiger partial charge in [-0.3, -0.25) is 14.9 Å². The Morgan fingerprint density at radius 3 is 2.61 bits per heavy atom. The molecule has 0 saturated carbocycles. The highest BCUT2D eigenvalue weighted by Crippen LogP contribution is 2.37. The Bertz CT molecular complexity index is 1430. The van der Waals surface area contributed by atoms with Crippen LogP contribution in [0.4, 0.5) is 11.4 Å². The Morgan fingerprint density at radius 2 is 1.76 bits per heavy atom. The number of anilines is 1. The number of rotatable bonds is 5. The molecule has 6 nitrogen and oxygen atoms in total. The van der Waals surface area contributed by atoms with Crippen LogP contribution in [0.25, 0.3) is 28.5 Å². The van der Waals surface area contributed by atoms with Crippen LogP contribution in [0, 0.1) is 17.0 Å². The fraction of sp³-hybridized carbons (Fsp3) is 0.0741. The van der Waals surface area contributed by atoms with Crippen LogP contribution in [-0.2, 0) is 11.2 Å². The fourth-order valence-corrected chi connectivity index (χ4v) is 4.15. The number of nitrogens with zero attached hydrogens (tertiary/aromatic N) is 1. The van der Waals surface area contributed by atoms with Crippen molar-refractivity contribution in [1.82, 2.24) is 0 Å². The van der Waals surface area contributed by atoms with Gasteiger partial charge in [-0.2, -0.15) is 0 Å². The van der Waals surface area contributed by atoms with E-state index in [9.17, 15) is 14.9 Å². The number of amides is 1. The Labute approximate surface area is 190 Å². The maximum Gasteiger partial charge on any atom is 0.280 e. The number of benzene rings is 3. The van der Waals surface area contributed by atoms with Gasteiger partial charge >= 0.3 is 0 Å². The zero-order valence-electron chi connectivity index (χ0n) is 17.9. The van der Waals surface area contributed by atoms with E-state index in [4.69, 9.17) is 4.42 Å². The second kappa shape index (κ2) is 8.24. The maximum absolute atomic E-state index is 12.4. The number of nitrogens with one attached hydrogen (secondary N) is 1. The van der Waals surface area contributed by atoms with Gasteiger partial charge in [0.25, 0.3) is 5.69 Å². The molecule has 4 aromatic rings. The first kappa shape index (κ1) is 20.5. The van der Waals surface area contributed by atoms with Crippen molar-refractivity contribution < 1.29 is 14.1 Å². The monoisotopic (exact) mass is 436 g/mol. The van der Waals surface area contributed by atoms with Crippen molar-refractivity contribution in [1.29, 1.82) is 0 Å². The van der Waals surface area contributed by atoms with Crippen LogP contribution in [0.2, 0.25) is 0 Å². The SMILES string of the molecule is Cc1ccc(-c2ccc(/C=C/C(=O)Nc3ccc4c(c3)Cc3ccccc3-4)o2)c([N+](=O)[O-])c1. The zero-order valence-corrected chi connectivity index (χ0v) is 17.9. The number of aryl methyl sites for hydroxylation is 1. The highest BCUT2D eigenvalue weighted by atomic mass is 16.6. The molecule has 0 bridgehead atoms. The summed E-state index contributed by atoms with van der Waals surface area (Å²) in [6, 6.07) is 22.6. The van der Waals surface area contributed by atoms with E-state index in [0.717, 1.165) is 17.7 Å². The zero-order chi connectivity index (χ0) is 22.9. The number of hydrogen-bond acceptors (Lipinski definition) is 4. The summed E-state index contributed by atoms with van der Waals surface area (Å²) in [7, 11) is 0. The number of fused-ring (bicyclic) bond motifs is 3. The number of nitro benzene ring substituents is 1. The highest BCUT2D eigenvalue weighted by molar-refractivity contribution is 6.02. The minimum atomic E-state index is -0.428. The second-order valence-electron chi connectivity index (χ2n) is 8.01. The highest BCUT2D eigenvalue weighted by Gasteiger charge is 2.19. The van der Waals surface area contributed by atoms with Crippen LogP contribution in [-0.4, -0.2) is 10.8 Å². The Morgan fingerprint density at radius 1 is 0.970 bits per heavy atom. The standard InChI is InChI=1S/C27H20N2O4/c1-17-6-10-24(25(14-17)29(31)32)26-12-8-21(33-26)9-13-27(30)28-20-7-11-23-19(16-20)15-18-4-2-3-5-22(18)23/h2-14,16H,15H2,1H3,(H,28,30)/b13-9+. The quantitative estimate of drug-likeness (QED) is 0.197. The van der Waals surface area contributed by atoms with Crippen molar-refractivity contribution in [2.24, 2.45) is 0 Å². The Balaban J connectivity index is 1.29. The summed E-state index contributed by atoms with van der Waals surface area (Å²) in [6.45, 7) is 1.80. The normalized spacial score (nSPS) is 11.9. The van der Waals surface area contributed by atoms with Crippen LogP contribution in [0.3, 0.4) is 0 Å². The van der Waals surface area contributed by atoms with Crippen molar-refractivity contribution in [2.45, 2.75) is 13.3 Å². The topological polar surface area (TPSA) is 85.4 Å². The van der Waals surface area contributed by atoms with Gasteiger partial charge in [-0.15, -0.1) is 0 Å². The van der Waals surface area contributed by atoms with Gasteiger partial charge in [0.2, 0.25) is 5.91 Å². The van der Waals surface area contributed by atoms with E-state index < -0.39 is 4.92 Å². The Hall–Kier alpha value is -4.45. The van der Waals surface area contributed by atoms with Crippen LogP contribution < -0.4 is 5.32 Å². The minimum absolute atomic E-state index is 0.0172. The summed E-state index contributed by atoms with van der Waals surface area (Å²) in [4.78, 5) is 23.4. The lowest BCUT2D eigenvalue weighted by Gasteiger charge is -2.06. The third-order valence-corrected chi connectivity index (χ3v) is 5.70. The van der Waals surface area contributed by atoms with Crippen molar-refractivity contribution in [2.75, 3.05) is 5.32 Å². The summed E-state index contributed by atoms with van der Waals surface area (Å²) >= 11 is 0. The van der Waals surface area contributed by atoms with Crippen molar-refractivity contribution in [3.05, 3.63) is 111 Å². The van der Waals surface area contributed by atoms with Gasteiger partial charge < -0.3 is 9.73 Å². The molecule has 1 aromatic heterocycles. The maximum atomic E-state index is 12.4. The molecule has 1 heterocycles. The van der Waals surface area contributed by atoms with E-state index in [-0.39, 0.29) is 11.6 Å². The van der Waals surface area contributed by atoms with Crippen LogP contribution in [0.15, 0.2) is 83.3 Å². The van der Waals surface area contributed by atoms with Crippen molar-refractivity contribution in [3.63, 3.8) is 0 Å². The van der Waals surface area contributed by atoms with Gasteiger partial charge in [-0.25, -0.2) is 0 Å². The molecule has 0 atom stereocenters. The molecule has 0 aliphatic heterocycles. The first-order valence-corrected chi connectivity index (χ1v) is 10.5. The number of carbonyl (C=O) groups excluding carboxylic acids is 1. The van der Waals surface area contributed by atoms with Gasteiger partial charge in [-0.1, -0.05) is 36.4 Å². The molecule has 1 N–H and O–H groups in total. The van der Waals surface area contributed by atoms with E-state index in [1.54, 1.807) is 37.3 Å². The summed E-state index contributed by atoms with van der Waals surface area (Å²) in [6.07, 6.45) is 3.78.